The maximum atomic E-state index is 4.62. The van der Waals surface area contributed by atoms with Crippen LogP contribution in [0.2, 0.25) is 0 Å². The summed E-state index contributed by atoms with van der Waals surface area (Å²) in [5, 5.41) is 7.50. The largest absolute Gasteiger partial charge is 0.261 e. The molecule has 0 fully saturated rings. The summed E-state index contributed by atoms with van der Waals surface area (Å²) in [6.45, 7) is 0. The summed E-state index contributed by atoms with van der Waals surface area (Å²) in [7, 11) is 0. The molecule has 0 saturated heterocycles. The Balaban J connectivity index is 2.19. The Kier molecular flexibility index (Phi) is 1.68. The quantitative estimate of drug-likeness (QED) is 0.595. The van der Waals surface area contributed by atoms with Crippen molar-refractivity contribution in [1.82, 2.24) is 20.3 Å². The van der Waals surface area contributed by atoms with Crippen molar-refractivity contribution < 1.29 is 4.63 Å². The zero-order valence-electron chi connectivity index (χ0n) is 7.66. The molecule has 0 atom stereocenters. The molecule has 1 aromatic carbocycles. The minimum absolute atomic E-state index is 0.721. The van der Waals surface area contributed by atoms with Gasteiger partial charge in [-0.1, -0.05) is 6.07 Å². The Labute approximate surface area is 84.7 Å². The van der Waals surface area contributed by atoms with E-state index in [0.717, 1.165) is 22.3 Å². The van der Waals surface area contributed by atoms with Crippen molar-refractivity contribution in [3.8, 4) is 11.3 Å². The fourth-order valence-electron chi connectivity index (χ4n) is 1.39. The van der Waals surface area contributed by atoms with Gasteiger partial charge in [0.1, 0.15) is 11.0 Å². The lowest BCUT2D eigenvalue weighted by atomic mass is 10.1. The predicted molar refractivity (Wildman–Crippen MR) is 52.8 cm³/mol. The van der Waals surface area contributed by atoms with Crippen molar-refractivity contribution in [3.63, 3.8) is 0 Å². The predicted octanol–water partition coefficient (Wildman–Crippen LogP) is 1.68. The van der Waals surface area contributed by atoms with E-state index in [-0.39, 0.29) is 0 Å². The lowest BCUT2D eigenvalue weighted by molar-refractivity contribution is 0.315. The molecule has 5 heteroatoms. The maximum absolute atomic E-state index is 4.62. The molecular weight excluding hydrogens is 192 g/mol. The van der Waals surface area contributed by atoms with E-state index in [2.05, 4.69) is 24.9 Å². The summed E-state index contributed by atoms with van der Waals surface area (Å²) in [5.74, 6) is 0. The van der Waals surface area contributed by atoms with Crippen molar-refractivity contribution in [2.75, 3.05) is 0 Å². The first-order chi connectivity index (χ1) is 7.43. The van der Waals surface area contributed by atoms with Gasteiger partial charge >= 0.3 is 0 Å². The van der Waals surface area contributed by atoms with Crippen LogP contribution in [0, 0.1) is 0 Å². The van der Waals surface area contributed by atoms with Gasteiger partial charge in [-0.2, -0.15) is 0 Å². The van der Waals surface area contributed by atoms with Gasteiger partial charge in [0.25, 0.3) is 0 Å². The van der Waals surface area contributed by atoms with Crippen molar-refractivity contribution >= 4 is 11.0 Å². The van der Waals surface area contributed by atoms with Crippen LogP contribution in [-0.2, 0) is 0 Å². The third kappa shape index (κ3) is 1.34. The molecule has 0 amide bonds. The smallest absolute Gasteiger partial charge is 0.135 e. The van der Waals surface area contributed by atoms with E-state index in [1.165, 1.54) is 0 Å². The Morgan fingerprint density at radius 2 is 1.93 bits per heavy atom. The molecule has 2 heterocycles. The first-order valence-electron chi connectivity index (χ1n) is 4.42. The minimum Gasteiger partial charge on any atom is -0.261 e. The third-order valence-electron chi connectivity index (χ3n) is 2.11. The molecule has 0 spiro atoms. The van der Waals surface area contributed by atoms with Gasteiger partial charge in [0.15, 0.2) is 0 Å². The van der Waals surface area contributed by atoms with Gasteiger partial charge < -0.3 is 0 Å². The number of benzene rings is 1. The molecule has 5 nitrogen and oxygen atoms in total. The van der Waals surface area contributed by atoms with Crippen LogP contribution in [0.15, 0.2) is 41.4 Å². The highest BCUT2D eigenvalue weighted by Gasteiger charge is 2.03. The molecule has 0 radical (unpaired) electrons. The van der Waals surface area contributed by atoms with E-state index < -0.39 is 0 Å². The van der Waals surface area contributed by atoms with Gasteiger partial charge in [0, 0.05) is 18.0 Å². The summed E-state index contributed by atoms with van der Waals surface area (Å²) < 4.78 is 4.62. The molecule has 0 aliphatic rings. The molecule has 0 unspecified atom stereocenters. The van der Waals surface area contributed by atoms with Crippen molar-refractivity contribution in [1.29, 1.82) is 0 Å². The number of hydrogen-bond donors (Lipinski definition) is 0. The number of rotatable bonds is 1. The second-order valence-electron chi connectivity index (χ2n) is 3.06. The van der Waals surface area contributed by atoms with Gasteiger partial charge in [0.05, 0.1) is 11.9 Å². The number of nitrogens with zero attached hydrogens (tertiary/aromatic N) is 4. The van der Waals surface area contributed by atoms with Crippen LogP contribution in [0.4, 0.5) is 0 Å². The molecule has 0 N–H and O–H groups in total. The Morgan fingerprint density at radius 3 is 2.80 bits per heavy atom. The van der Waals surface area contributed by atoms with E-state index in [1.807, 2.05) is 18.2 Å². The molecule has 15 heavy (non-hydrogen) atoms. The Morgan fingerprint density at radius 1 is 1.00 bits per heavy atom. The van der Waals surface area contributed by atoms with E-state index in [9.17, 15) is 0 Å². The fraction of sp³-hybridized carbons (Fsp3) is 0. The Hall–Kier alpha value is -2.30. The van der Waals surface area contributed by atoms with E-state index in [4.69, 9.17) is 0 Å². The van der Waals surface area contributed by atoms with Crippen LogP contribution in [0.3, 0.4) is 0 Å². The van der Waals surface area contributed by atoms with E-state index >= 15 is 0 Å². The number of fused-ring (bicyclic) bond motifs is 1. The molecular formula is C10H6N4O. The zero-order valence-corrected chi connectivity index (χ0v) is 7.66. The minimum atomic E-state index is 0.721. The molecule has 0 bridgehead atoms. The zero-order chi connectivity index (χ0) is 10.1. The molecule has 3 aromatic rings. The first kappa shape index (κ1) is 8.05. The molecule has 2 aromatic heterocycles. The average Bonchev–Trinajstić information content (AvgIpc) is 2.77. The van der Waals surface area contributed by atoms with E-state index in [1.54, 1.807) is 18.6 Å². The monoisotopic (exact) mass is 198 g/mol. The third-order valence-corrected chi connectivity index (χ3v) is 2.11. The van der Waals surface area contributed by atoms with Gasteiger partial charge in [-0.15, -0.1) is 0 Å². The molecule has 0 aliphatic carbocycles. The fourth-order valence-corrected chi connectivity index (χ4v) is 1.39. The second-order valence-corrected chi connectivity index (χ2v) is 3.06. The van der Waals surface area contributed by atoms with Crippen LogP contribution < -0.4 is 0 Å². The van der Waals surface area contributed by atoms with Gasteiger partial charge in [0.2, 0.25) is 0 Å². The standard InChI is InChI=1S/C10H6N4O/c1-2-8-9(14-15-13-8)5-7(1)10-6-11-3-4-12-10/h1-6H. The summed E-state index contributed by atoms with van der Waals surface area (Å²) >= 11 is 0. The summed E-state index contributed by atoms with van der Waals surface area (Å²) in [6.07, 6.45) is 4.99. The highest BCUT2D eigenvalue weighted by molar-refractivity contribution is 5.79. The molecule has 72 valence electrons. The van der Waals surface area contributed by atoms with Crippen LogP contribution in [0.5, 0.6) is 0 Å². The normalized spacial score (nSPS) is 10.7. The van der Waals surface area contributed by atoms with Crippen LogP contribution in [0.25, 0.3) is 22.3 Å². The van der Waals surface area contributed by atoms with Gasteiger partial charge in [-0.05, 0) is 22.4 Å². The lowest BCUT2D eigenvalue weighted by Gasteiger charge is -1.97. The number of aromatic nitrogens is 4. The Bertz CT molecular complexity index is 590. The summed E-state index contributed by atoms with van der Waals surface area (Å²) in [5.41, 5.74) is 3.22. The maximum Gasteiger partial charge on any atom is 0.135 e. The molecule has 0 aliphatic heterocycles. The van der Waals surface area contributed by atoms with Crippen LogP contribution >= 0.6 is 0 Å². The highest BCUT2D eigenvalue weighted by Crippen LogP contribution is 2.19. The number of hydrogen-bond acceptors (Lipinski definition) is 5. The summed E-state index contributed by atoms with van der Waals surface area (Å²) in [6, 6.07) is 5.63. The first-order valence-corrected chi connectivity index (χ1v) is 4.42. The average molecular weight is 198 g/mol. The van der Waals surface area contributed by atoms with E-state index in [0.29, 0.717) is 0 Å². The van der Waals surface area contributed by atoms with Gasteiger partial charge in [-0.25, -0.2) is 4.63 Å². The van der Waals surface area contributed by atoms with Crippen molar-refractivity contribution in [2.24, 2.45) is 0 Å². The topological polar surface area (TPSA) is 64.7 Å². The molecule has 0 saturated carbocycles. The van der Waals surface area contributed by atoms with Gasteiger partial charge in [-0.3, -0.25) is 9.97 Å². The summed E-state index contributed by atoms with van der Waals surface area (Å²) in [4.78, 5) is 8.21. The lowest BCUT2D eigenvalue weighted by Crippen LogP contribution is -1.83. The highest BCUT2D eigenvalue weighted by atomic mass is 16.6. The van der Waals surface area contributed by atoms with Crippen LogP contribution in [-0.4, -0.2) is 20.3 Å². The van der Waals surface area contributed by atoms with Crippen molar-refractivity contribution in [2.45, 2.75) is 0 Å². The van der Waals surface area contributed by atoms with Crippen LogP contribution in [0.1, 0.15) is 0 Å². The SMILES string of the molecule is c1cnc(-c2ccc3nonc3c2)cn1. The van der Waals surface area contributed by atoms with Crippen molar-refractivity contribution in [3.05, 3.63) is 36.8 Å². The second kappa shape index (κ2) is 3.13. The molecule has 3 rings (SSSR count).